The van der Waals surface area contributed by atoms with E-state index in [1.54, 1.807) is 32.4 Å². The van der Waals surface area contributed by atoms with Crippen molar-refractivity contribution in [2.75, 3.05) is 26.1 Å². The number of rotatable bonds is 7. The molecule has 1 amide bonds. The Bertz CT molecular complexity index is 792. The molecular weight excluding hydrogens is 332 g/mol. The van der Waals surface area contributed by atoms with Gasteiger partial charge in [-0.1, -0.05) is 22.9 Å². The Hall–Kier alpha value is -3.02. The van der Waals surface area contributed by atoms with Crippen molar-refractivity contribution >= 4 is 17.8 Å². The van der Waals surface area contributed by atoms with Crippen molar-refractivity contribution < 1.29 is 19.1 Å². The van der Waals surface area contributed by atoms with Crippen LogP contribution in [0.4, 0.5) is 5.69 Å². The molecular formula is C20H24N2O4. The highest BCUT2D eigenvalue weighted by atomic mass is 16.6. The molecule has 0 saturated carbocycles. The molecule has 0 spiro atoms. The number of aryl methyl sites for hydroxylation is 3. The van der Waals surface area contributed by atoms with Crippen LogP contribution in [-0.2, 0) is 9.63 Å². The fraction of sp³-hybridized carbons (Fsp3) is 0.300. The van der Waals surface area contributed by atoms with Gasteiger partial charge in [-0.15, -0.1) is 0 Å². The monoisotopic (exact) mass is 356 g/mol. The number of anilines is 1. The average molecular weight is 356 g/mol. The van der Waals surface area contributed by atoms with Gasteiger partial charge in [0, 0.05) is 11.3 Å². The van der Waals surface area contributed by atoms with Crippen molar-refractivity contribution in [3.8, 4) is 11.5 Å². The summed E-state index contributed by atoms with van der Waals surface area (Å²) in [6.07, 6.45) is 1.48. The smallest absolute Gasteiger partial charge is 0.265 e. The molecule has 1 N–H and O–H groups in total. The largest absolute Gasteiger partial charge is 0.497 e. The number of carbonyl (C=O) groups is 1. The molecule has 2 aromatic rings. The molecule has 0 unspecified atom stereocenters. The Balaban J connectivity index is 1.96. The molecule has 0 aromatic heterocycles. The molecule has 0 atom stereocenters. The molecule has 0 saturated heterocycles. The van der Waals surface area contributed by atoms with Gasteiger partial charge in [0.25, 0.3) is 5.91 Å². The zero-order chi connectivity index (χ0) is 19.1. The van der Waals surface area contributed by atoms with Gasteiger partial charge in [0.05, 0.1) is 20.4 Å². The van der Waals surface area contributed by atoms with E-state index in [0.29, 0.717) is 17.1 Å². The van der Waals surface area contributed by atoms with E-state index in [9.17, 15) is 4.79 Å². The first-order valence-corrected chi connectivity index (χ1v) is 8.19. The number of methoxy groups -OCH3 is 2. The van der Waals surface area contributed by atoms with Gasteiger partial charge in [-0.25, -0.2) is 0 Å². The summed E-state index contributed by atoms with van der Waals surface area (Å²) in [5.74, 6) is 1.04. The van der Waals surface area contributed by atoms with Crippen LogP contribution in [0.2, 0.25) is 0 Å². The zero-order valence-electron chi connectivity index (χ0n) is 15.8. The number of carbonyl (C=O) groups excluding carboxylic acids is 1. The van der Waals surface area contributed by atoms with Crippen LogP contribution in [0.25, 0.3) is 0 Å². The predicted octanol–water partition coefficient (Wildman–Crippen LogP) is 3.62. The van der Waals surface area contributed by atoms with Crippen LogP contribution >= 0.6 is 0 Å². The molecule has 2 rings (SSSR count). The van der Waals surface area contributed by atoms with E-state index in [0.717, 1.165) is 22.4 Å². The normalized spacial score (nSPS) is 10.7. The maximum atomic E-state index is 12.1. The quantitative estimate of drug-likeness (QED) is 0.608. The van der Waals surface area contributed by atoms with Crippen molar-refractivity contribution in [1.82, 2.24) is 0 Å². The van der Waals surface area contributed by atoms with Gasteiger partial charge in [0.2, 0.25) is 0 Å². The number of nitrogens with one attached hydrogen (secondary N) is 1. The Morgan fingerprint density at radius 1 is 1.08 bits per heavy atom. The second-order valence-corrected chi connectivity index (χ2v) is 5.94. The lowest BCUT2D eigenvalue weighted by molar-refractivity contribution is -0.120. The molecule has 6 nitrogen and oxygen atoms in total. The molecule has 0 aliphatic rings. The summed E-state index contributed by atoms with van der Waals surface area (Å²) in [4.78, 5) is 17.2. The SMILES string of the molecule is COc1ccc(OC)c(/C=N\OCC(=O)Nc2c(C)cc(C)cc2C)c1. The van der Waals surface area contributed by atoms with Crippen molar-refractivity contribution in [3.05, 3.63) is 52.6 Å². The van der Waals surface area contributed by atoms with E-state index in [2.05, 4.69) is 10.5 Å². The summed E-state index contributed by atoms with van der Waals surface area (Å²) in [6.45, 7) is 5.76. The molecule has 0 bridgehead atoms. The fourth-order valence-corrected chi connectivity index (χ4v) is 2.68. The molecule has 0 heterocycles. The van der Waals surface area contributed by atoms with Gasteiger partial charge in [-0.05, 0) is 50.1 Å². The zero-order valence-corrected chi connectivity index (χ0v) is 15.8. The number of oxime groups is 1. The Morgan fingerprint density at radius 3 is 2.38 bits per heavy atom. The maximum Gasteiger partial charge on any atom is 0.265 e. The molecule has 6 heteroatoms. The predicted molar refractivity (Wildman–Crippen MR) is 102 cm³/mol. The van der Waals surface area contributed by atoms with Crippen LogP contribution < -0.4 is 14.8 Å². The van der Waals surface area contributed by atoms with Crippen molar-refractivity contribution in [2.45, 2.75) is 20.8 Å². The van der Waals surface area contributed by atoms with Gasteiger partial charge in [0.15, 0.2) is 6.61 Å². The van der Waals surface area contributed by atoms with Crippen LogP contribution in [0.15, 0.2) is 35.5 Å². The van der Waals surface area contributed by atoms with Crippen molar-refractivity contribution in [2.24, 2.45) is 5.16 Å². The number of amides is 1. The molecule has 2 aromatic carbocycles. The topological polar surface area (TPSA) is 69.1 Å². The first-order valence-electron chi connectivity index (χ1n) is 8.19. The van der Waals surface area contributed by atoms with Crippen LogP contribution in [0.3, 0.4) is 0 Å². The number of nitrogens with zero attached hydrogens (tertiary/aromatic N) is 1. The van der Waals surface area contributed by atoms with Crippen LogP contribution in [0.1, 0.15) is 22.3 Å². The van der Waals surface area contributed by atoms with E-state index in [-0.39, 0.29) is 12.5 Å². The Labute approximate surface area is 153 Å². The van der Waals surface area contributed by atoms with Gasteiger partial charge in [0.1, 0.15) is 11.5 Å². The molecule has 0 aliphatic heterocycles. The summed E-state index contributed by atoms with van der Waals surface area (Å²) in [5, 5.41) is 6.71. The summed E-state index contributed by atoms with van der Waals surface area (Å²) in [6, 6.07) is 9.38. The third-order valence-corrected chi connectivity index (χ3v) is 3.84. The lowest BCUT2D eigenvalue weighted by Gasteiger charge is -2.12. The summed E-state index contributed by atoms with van der Waals surface area (Å²) in [7, 11) is 3.15. The van der Waals surface area contributed by atoms with Crippen molar-refractivity contribution in [3.63, 3.8) is 0 Å². The van der Waals surface area contributed by atoms with Gasteiger partial charge >= 0.3 is 0 Å². The summed E-state index contributed by atoms with van der Waals surface area (Å²) >= 11 is 0. The fourth-order valence-electron chi connectivity index (χ4n) is 2.68. The Morgan fingerprint density at radius 2 is 1.77 bits per heavy atom. The molecule has 26 heavy (non-hydrogen) atoms. The highest BCUT2D eigenvalue weighted by molar-refractivity contribution is 5.93. The molecule has 0 fully saturated rings. The average Bonchev–Trinajstić information content (AvgIpc) is 2.61. The summed E-state index contributed by atoms with van der Waals surface area (Å²) < 4.78 is 10.4. The minimum Gasteiger partial charge on any atom is -0.497 e. The number of ether oxygens (including phenoxy) is 2. The van der Waals surface area contributed by atoms with Gasteiger partial charge in [-0.3, -0.25) is 4.79 Å². The van der Waals surface area contributed by atoms with Crippen LogP contribution in [-0.4, -0.2) is 32.9 Å². The van der Waals surface area contributed by atoms with Crippen molar-refractivity contribution in [1.29, 1.82) is 0 Å². The number of benzene rings is 2. The minimum absolute atomic E-state index is 0.185. The van der Waals surface area contributed by atoms with E-state index in [4.69, 9.17) is 14.3 Å². The van der Waals surface area contributed by atoms with E-state index in [1.165, 1.54) is 6.21 Å². The van der Waals surface area contributed by atoms with E-state index >= 15 is 0 Å². The summed E-state index contributed by atoms with van der Waals surface area (Å²) in [5.41, 5.74) is 4.69. The van der Waals surface area contributed by atoms with Gasteiger partial charge < -0.3 is 19.6 Å². The third kappa shape index (κ3) is 4.99. The lowest BCUT2D eigenvalue weighted by Crippen LogP contribution is -2.18. The highest BCUT2D eigenvalue weighted by Gasteiger charge is 2.09. The minimum atomic E-state index is -0.269. The highest BCUT2D eigenvalue weighted by Crippen LogP contribution is 2.23. The number of hydrogen-bond donors (Lipinski definition) is 1. The van der Waals surface area contributed by atoms with Crippen LogP contribution in [0, 0.1) is 20.8 Å². The number of hydrogen-bond acceptors (Lipinski definition) is 5. The van der Waals surface area contributed by atoms with Crippen LogP contribution in [0.5, 0.6) is 11.5 Å². The molecule has 0 radical (unpaired) electrons. The third-order valence-electron chi connectivity index (χ3n) is 3.84. The van der Waals surface area contributed by atoms with E-state index in [1.807, 2.05) is 32.9 Å². The molecule has 138 valence electrons. The standard InChI is InChI=1S/C20H24N2O4/c1-13-8-14(2)20(15(3)9-13)22-19(23)12-26-21-11-16-10-17(24-4)6-7-18(16)25-5/h6-11H,12H2,1-5H3,(H,22,23)/b21-11-. The van der Waals surface area contributed by atoms with Gasteiger partial charge in [-0.2, -0.15) is 0 Å². The second kappa shape index (κ2) is 8.89. The maximum absolute atomic E-state index is 12.1. The molecule has 0 aliphatic carbocycles. The first-order chi connectivity index (χ1) is 12.4. The second-order valence-electron chi connectivity index (χ2n) is 5.94. The Kier molecular flexibility index (Phi) is 6.60. The lowest BCUT2D eigenvalue weighted by atomic mass is 10.1. The first kappa shape index (κ1) is 19.3. The van der Waals surface area contributed by atoms with E-state index < -0.39 is 0 Å².